The second kappa shape index (κ2) is 6.86. The predicted molar refractivity (Wildman–Crippen MR) is 85.7 cm³/mol. The number of alkyl halides is 1. The fourth-order valence-corrected chi connectivity index (χ4v) is 3.37. The molecule has 7 heteroatoms. The Morgan fingerprint density at radius 3 is 2.45 bits per heavy atom. The molecule has 0 aliphatic rings. The summed E-state index contributed by atoms with van der Waals surface area (Å²) in [6.45, 7) is 5.46. The van der Waals surface area contributed by atoms with E-state index in [0.717, 1.165) is 0 Å². The van der Waals surface area contributed by atoms with Gasteiger partial charge in [0.05, 0.1) is 10.5 Å². The lowest BCUT2D eigenvalue weighted by Gasteiger charge is -2.21. The van der Waals surface area contributed by atoms with Gasteiger partial charge in [-0.05, 0) is 32.9 Å². The number of esters is 1. The highest BCUT2D eigenvalue weighted by Gasteiger charge is 2.26. The van der Waals surface area contributed by atoms with Crippen LogP contribution in [0.4, 0.5) is 0 Å². The lowest BCUT2D eigenvalue weighted by atomic mass is 10.1. The predicted octanol–water partition coefficient (Wildman–Crippen LogP) is 2.36. The largest absolute Gasteiger partial charge is 0.461 e. The minimum atomic E-state index is -3.77. The molecule has 1 rings (SSSR count). The molecule has 0 saturated carbocycles. The van der Waals surface area contributed by atoms with Crippen molar-refractivity contribution in [1.29, 1.82) is 0 Å². The van der Waals surface area contributed by atoms with Gasteiger partial charge in [0.15, 0.2) is 0 Å². The van der Waals surface area contributed by atoms with E-state index in [1.54, 1.807) is 32.9 Å². The van der Waals surface area contributed by atoms with Crippen molar-refractivity contribution in [3.05, 3.63) is 29.8 Å². The van der Waals surface area contributed by atoms with Gasteiger partial charge < -0.3 is 4.74 Å². The molecular weight excluding hydrogens is 393 g/mol. The van der Waals surface area contributed by atoms with Crippen molar-refractivity contribution < 1.29 is 17.9 Å². The second-order valence-corrected chi connectivity index (χ2v) is 7.91. The van der Waals surface area contributed by atoms with Gasteiger partial charge in [-0.2, -0.15) is 0 Å². The Morgan fingerprint density at radius 2 is 1.90 bits per heavy atom. The summed E-state index contributed by atoms with van der Waals surface area (Å²) in [7, 11) is -3.77. The van der Waals surface area contributed by atoms with Crippen LogP contribution in [0.25, 0.3) is 0 Å². The number of ether oxygens (including phenoxy) is 1. The van der Waals surface area contributed by atoms with Crippen LogP contribution < -0.4 is 4.72 Å². The van der Waals surface area contributed by atoms with Crippen molar-refractivity contribution in [2.24, 2.45) is 0 Å². The van der Waals surface area contributed by atoms with Crippen LogP contribution in [0.5, 0.6) is 0 Å². The average molecular weight is 411 g/mol. The molecule has 0 atom stereocenters. The van der Waals surface area contributed by atoms with Crippen molar-refractivity contribution >= 4 is 38.6 Å². The van der Waals surface area contributed by atoms with Crippen LogP contribution in [-0.2, 0) is 14.8 Å². The molecule has 0 radical (unpaired) electrons. The first-order chi connectivity index (χ1) is 9.17. The Morgan fingerprint density at radius 1 is 1.30 bits per heavy atom. The number of hydrogen-bond donors (Lipinski definition) is 1. The number of rotatable bonds is 5. The molecule has 0 heterocycles. The van der Waals surface area contributed by atoms with Gasteiger partial charge in [-0.3, -0.25) is 0 Å². The summed E-state index contributed by atoms with van der Waals surface area (Å²) in [5.41, 5.74) is -0.577. The minimum absolute atomic E-state index is 0.0501. The monoisotopic (exact) mass is 411 g/mol. The van der Waals surface area contributed by atoms with Crippen molar-refractivity contribution in [2.45, 2.75) is 31.2 Å². The molecule has 1 aromatic rings. The molecule has 0 fully saturated rings. The molecule has 20 heavy (non-hydrogen) atoms. The highest BCUT2D eigenvalue weighted by atomic mass is 127. The zero-order valence-corrected chi connectivity index (χ0v) is 14.6. The first-order valence-electron chi connectivity index (χ1n) is 6.03. The number of sulfonamides is 1. The molecule has 0 spiro atoms. The summed E-state index contributed by atoms with van der Waals surface area (Å²) in [6.07, 6.45) is 0. The maximum atomic E-state index is 12.3. The zero-order valence-electron chi connectivity index (χ0n) is 11.6. The smallest absolute Gasteiger partial charge is 0.339 e. The molecule has 1 N–H and O–H groups in total. The number of hydrogen-bond acceptors (Lipinski definition) is 4. The molecule has 112 valence electrons. The van der Waals surface area contributed by atoms with E-state index >= 15 is 0 Å². The van der Waals surface area contributed by atoms with Crippen LogP contribution in [-0.4, -0.2) is 31.0 Å². The van der Waals surface area contributed by atoms with Crippen molar-refractivity contribution in [3.63, 3.8) is 0 Å². The normalized spacial score (nSPS) is 12.2. The molecule has 0 bridgehead atoms. The van der Waals surface area contributed by atoms with E-state index in [1.165, 1.54) is 12.1 Å². The Hall–Kier alpha value is -0.670. The summed E-state index contributed by atoms with van der Waals surface area (Å²) in [6, 6.07) is 6.03. The fourth-order valence-electron chi connectivity index (χ4n) is 1.54. The number of benzene rings is 1. The van der Waals surface area contributed by atoms with Crippen molar-refractivity contribution in [1.82, 2.24) is 4.72 Å². The van der Waals surface area contributed by atoms with Crippen molar-refractivity contribution in [2.75, 3.05) is 11.0 Å². The summed E-state index contributed by atoms with van der Waals surface area (Å²) in [5.74, 6) is -0.628. The molecular formula is C13H18INO4S. The topological polar surface area (TPSA) is 72.5 Å². The number of halogens is 1. The third-order valence-electron chi connectivity index (χ3n) is 2.15. The van der Waals surface area contributed by atoms with E-state index in [2.05, 4.69) is 27.3 Å². The first-order valence-corrected chi connectivity index (χ1v) is 9.04. The SMILES string of the molecule is CC(C)(C)NS(=O)(=O)c1ccccc1C(=O)OCCI. The summed E-state index contributed by atoms with van der Waals surface area (Å²) in [5, 5.41) is 0. The number of carbonyl (C=O) groups is 1. The highest BCUT2D eigenvalue weighted by Crippen LogP contribution is 2.18. The zero-order chi connectivity index (χ0) is 15.4. The number of carbonyl (C=O) groups excluding carboxylic acids is 1. The van der Waals surface area contributed by atoms with Crippen LogP contribution in [0.15, 0.2) is 29.2 Å². The molecule has 0 unspecified atom stereocenters. The van der Waals surface area contributed by atoms with Gasteiger partial charge in [0.1, 0.15) is 6.61 Å². The highest BCUT2D eigenvalue weighted by molar-refractivity contribution is 14.1. The van der Waals surface area contributed by atoms with Gasteiger partial charge in [-0.25, -0.2) is 17.9 Å². The quantitative estimate of drug-likeness (QED) is 0.459. The summed E-state index contributed by atoms with van der Waals surface area (Å²) < 4.78 is 32.8. The third-order valence-corrected chi connectivity index (χ3v) is 4.40. The van der Waals surface area contributed by atoms with Gasteiger partial charge in [0.25, 0.3) is 0 Å². The summed E-state index contributed by atoms with van der Waals surface area (Å²) in [4.78, 5) is 11.9. The van der Waals surface area contributed by atoms with E-state index in [9.17, 15) is 13.2 Å². The standard InChI is InChI=1S/C13H18INO4S/c1-13(2,3)15-20(17,18)11-7-5-4-6-10(11)12(16)19-9-8-14/h4-7,15H,8-9H2,1-3H3. The molecule has 1 aromatic carbocycles. The fraction of sp³-hybridized carbons (Fsp3) is 0.462. The maximum absolute atomic E-state index is 12.3. The van der Waals surface area contributed by atoms with E-state index in [-0.39, 0.29) is 17.1 Å². The molecule has 5 nitrogen and oxygen atoms in total. The van der Waals surface area contributed by atoms with E-state index in [4.69, 9.17) is 4.74 Å². The second-order valence-electron chi connectivity index (χ2n) is 5.18. The minimum Gasteiger partial charge on any atom is -0.461 e. The van der Waals surface area contributed by atoms with Crippen LogP contribution in [0.1, 0.15) is 31.1 Å². The Balaban J connectivity index is 3.16. The molecule has 0 aliphatic heterocycles. The van der Waals surface area contributed by atoms with E-state index < -0.39 is 21.5 Å². The maximum Gasteiger partial charge on any atom is 0.339 e. The molecule has 0 aliphatic carbocycles. The Labute approximate surface area is 133 Å². The van der Waals surface area contributed by atoms with E-state index in [0.29, 0.717) is 4.43 Å². The van der Waals surface area contributed by atoms with Gasteiger partial charge in [-0.15, -0.1) is 0 Å². The first kappa shape index (κ1) is 17.4. The summed E-state index contributed by atoms with van der Waals surface area (Å²) >= 11 is 2.08. The Kier molecular flexibility index (Phi) is 5.96. The van der Waals surface area contributed by atoms with Gasteiger partial charge in [0.2, 0.25) is 10.0 Å². The lowest BCUT2D eigenvalue weighted by Crippen LogP contribution is -2.41. The van der Waals surface area contributed by atoms with E-state index in [1.807, 2.05) is 0 Å². The van der Waals surface area contributed by atoms with Crippen LogP contribution in [0.3, 0.4) is 0 Å². The third kappa shape index (κ3) is 5.02. The number of nitrogens with one attached hydrogen (secondary N) is 1. The average Bonchev–Trinajstić information content (AvgIpc) is 2.33. The molecule has 0 amide bonds. The lowest BCUT2D eigenvalue weighted by molar-refractivity contribution is 0.0528. The molecule has 0 aromatic heterocycles. The Bertz CT molecular complexity index is 578. The van der Waals surface area contributed by atoms with Gasteiger partial charge in [-0.1, -0.05) is 34.7 Å². The van der Waals surface area contributed by atoms with Crippen LogP contribution in [0.2, 0.25) is 0 Å². The van der Waals surface area contributed by atoms with Crippen LogP contribution in [0, 0.1) is 0 Å². The van der Waals surface area contributed by atoms with Crippen molar-refractivity contribution in [3.8, 4) is 0 Å². The van der Waals surface area contributed by atoms with Gasteiger partial charge in [0, 0.05) is 9.97 Å². The molecule has 0 saturated heterocycles. The van der Waals surface area contributed by atoms with Gasteiger partial charge >= 0.3 is 5.97 Å². The van der Waals surface area contributed by atoms with Crippen LogP contribution >= 0.6 is 22.6 Å².